The minimum atomic E-state index is 0. The van der Waals surface area contributed by atoms with Crippen molar-refractivity contribution in [1.29, 1.82) is 0 Å². The van der Waals surface area contributed by atoms with Crippen molar-refractivity contribution in [2.45, 2.75) is 27.2 Å². The van der Waals surface area contributed by atoms with Crippen LogP contribution in [0.25, 0.3) is 0 Å². The van der Waals surface area contributed by atoms with E-state index in [4.69, 9.17) is 4.99 Å². The third-order valence-corrected chi connectivity index (χ3v) is 5.44. The number of hydrogen-bond donors (Lipinski definition) is 0. The summed E-state index contributed by atoms with van der Waals surface area (Å²) in [6.45, 7) is 7.36. The molecule has 5 heteroatoms. The highest BCUT2D eigenvalue weighted by molar-refractivity contribution is 8.93. The molecule has 0 aromatic heterocycles. The van der Waals surface area contributed by atoms with E-state index in [9.17, 15) is 4.79 Å². The molecule has 0 atom stereocenters. The smallest absolute Gasteiger partial charge is 0.182 e. The molecule has 0 aliphatic carbocycles. The van der Waals surface area contributed by atoms with E-state index in [1.54, 1.807) is 11.8 Å². The highest BCUT2D eigenvalue weighted by atomic mass is 79.9. The van der Waals surface area contributed by atoms with Gasteiger partial charge in [-0.05, 0) is 44.4 Å². The first-order valence-corrected chi connectivity index (χ1v) is 9.65. The highest BCUT2D eigenvalue weighted by Gasteiger charge is 2.22. The molecule has 0 saturated heterocycles. The molecule has 0 radical (unpaired) electrons. The second kappa shape index (κ2) is 9.38. The quantitative estimate of drug-likeness (QED) is 0.608. The molecule has 2 aromatic rings. The van der Waals surface area contributed by atoms with Gasteiger partial charge in [0.1, 0.15) is 0 Å². The van der Waals surface area contributed by atoms with E-state index in [-0.39, 0.29) is 22.8 Å². The molecule has 26 heavy (non-hydrogen) atoms. The first-order chi connectivity index (χ1) is 12.0. The Morgan fingerprint density at radius 1 is 1.08 bits per heavy atom. The van der Waals surface area contributed by atoms with Gasteiger partial charge >= 0.3 is 0 Å². The number of carbonyl (C=O) groups is 1. The Morgan fingerprint density at radius 3 is 2.42 bits per heavy atom. The van der Waals surface area contributed by atoms with Crippen molar-refractivity contribution in [3.8, 4) is 0 Å². The van der Waals surface area contributed by atoms with Crippen LogP contribution in [0, 0.1) is 20.8 Å². The zero-order chi connectivity index (χ0) is 17.8. The third-order valence-electron chi connectivity index (χ3n) is 4.34. The van der Waals surface area contributed by atoms with Crippen molar-refractivity contribution in [3.63, 3.8) is 0 Å². The maximum atomic E-state index is 12.9. The Labute approximate surface area is 170 Å². The Morgan fingerprint density at radius 2 is 1.77 bits per heavy atom. The van der Waals surface area contributed by atoms with Crippen LogP contribution in [0.3, 0.4) is 0 Å². The number of amidine groups is 1. The van der Waals surface area contributed by atoms with E-state index in [1.165, 1.54) is 5.56 Å². The fraction of sp³-hybridized carbons (Fsp3) is 0.333. The number of thioether (sulfide) groups is 1. The molecule has 0 N–H and O–H groups in total. The second-order valence-electron chi connectivity index (χ2n) is 6.53. The molecule has 0 unspecified atom stereocenters. The molecular weight excluding hydrogens is 408 g/mol. The van der Waals surface area contributed by atoms with E-state index in [1.807, 2.05) is 31.2 Å². The van der Waals surface area contributed by atoms with Crippen molar-refractivity contribution in [1.82, 2.24) is 0 Å². The zero-order valence-electron chi connectivity index (χ0n) is 15.5. The molecule has 0 fully saturated rings. The van der Waals surface area contributed by atoms with Crippen LogP contribution < -0.4 is 4.90 Å². The van der Waals surface area contributed by atoms with Gasteiger partial charge in [-0.1, -0.05) is 53.7 Å². The minimum absolute atomic E-state index is 0. The molecule has 0 spiro atoms. The number of ketones is 1. The van der Waals surface area contributed by atoms with Crippen LogP contribution in [0.1, 0.15) is 33.5 Å². The van der Waals surface area contributed by atoms with Gasteiger partial charge in [-0.3, -0.25) is 9.79 Å². The number of rotatable bonds is 4. The molecule has 1 aliphatic rings. The van der Waals surface area contributed by atoms with Crippen molar-refractivity contribution >= 4 is 45.4 Å². The average molecular weight is 433 g/mol. The molecule has 138 valence electrons. The van der Waals surface area contributed by atoms with Gasteiger partial charge in [-0.25, -0.2) is 0 Å². The largest absolute Gasteiger partial charge is 0.313 e. The van der Waals surface area contributed by atoms with Gasteiger partial charge in [-0.15, -0.1) is 17.0 Å². The molecule has 0 amide bonds. The fourth-order valence-corrected chi connectivity index (χ4v) is 3.81. The van der Waals surface area contributed by atoms with Crippen LogP contribution in [0.5, 0.6) is 0 Å². The summed E-state index contributed by atoms with van der Waals surface area (Å²) < 4.78 is 0. The van der Waals surface area contributed by atoms with Crippen LogP contribution in [0.4, 0.5) is 5.69 Å². The molecule has 0 saturated carbocycles. The minimum Gasteiger partial charge on any atom is -0.313 e. The number of aliphatic imine (C=N–C) groups is 1. The summed E-state index contributed by atoms with van der Waals surface area (Å²) >= 11 is 1.74. The van der Waals surface area contributed by atoms with Gasteiger partial charge < -0.3 is 4.90 Å². The van der Waals surface area contributed by atoms with E-state index < -0.39 is 0 Å². The fourth-order valence-electron chi connectivity index (χ4n) is 2.85. The first kappa shape index (κ1) is 20.7. The SMILES string of the molecule is Br.Cc1ccc(C(=O)CN(C2=NCCCS2)c2cc(C)ccc2C)cc1. The summed E-state index contributed by atoms with van der Waals surface area (Å²) in [5.41, 5.74) is 5.34. The number of carbonyl (C=O) groups excluding carboxylic acids is 1. The van der Waals surface area contributed by atoms with Crippen molar-refractivity contribution in [3.05, 3.63) is 64.7 Å². The number of aryl methyl sites for hydroxylation is 3. The summed E-state index contributed by atoms with van der Waals surface area (Å²) in [7, 11) is 0. The van der Waals surface area contributed by atoms with E-state index >= 15 is 0 Å². The topological polar surface area (TPSA) is 32.7 Å². The van der Waals surface area contributed by atoms with E-state index in [0.717, 1.165) is 46.3 Å². The predicted octanol–water partition coefficient (Wildman–Crippen LogP) is 5.37. The van der Waals surface area contributed by atoms with Crippen molar-refractivity contribution in [2.75, 3.05) is 23.7 Å². The second-order valence-corrected chi connectivity index (χ2v) is 7.59. The molecule has 1 heterocycles. The monoisotopic (exact) mass is 432 g/mol. The number of Topliss-reactive ketones (excluding diaryl/α,β-unsaturated/α-hetero) is 1. The van der Waals surface area contributed by atoms with Gasteiger partial charge in [0, 0.05) is 23.5 Å². The van der Waals surface area contributed by atoms with Crippen LogP contribution in [0.2, 0.25) is 0 Å². The number of halogens is 1. The maximum absolute atomic E-state index is 12.9. The highest BCUT2D eigenvalue weighted by Crippen LogP contribution is 2.27. The lowest BCUT2D eigenvalue weighted by Crippen LogP contribution is -2.36. The first-order valence-electron chi connectivity index (χ1n) is 8.66. The summed E-state index contributed by atoms with van der Waals surface area (Å²) in [6.07, 6.45) is 1.10. The lowest BCUT2D eigenvalue weighted by molar-refractivity contribution is 0.100. The summed E-state index contributed by atoms with van der Waals surface area (Å²) in [4.78, 5) is 19.7. The number of benzene rings is 2. The normalized spacial score (nSPS) is 13.6. The molecular formula is C21H25BrN2OS. The van der Waals surface area contributed by atoms with E-state index in [0.29, 0.717) is 6.54 Å². The molecule has 2 aromatic carbocycles. The molecule has 0 bridgehead atoms. The van der Waals surface area contributed by atoms with Gasteiger partial charge in [0.25, 0.3) is 0 Å². The molecule has 3 nitrogen and oxygen atoms in total. The van der Waals surface area contributed by atoms with Crippen LogP contribution in [-0.4, -0.2) is 29.8 Å². The van der Waals surface area contributed by atoms with Crippen LogP contribution in [-0.2, 0) is 0 Å². The summed E-state index contributed by atoms with van der Waals surface area (Å²) in [5.74, 6) is 1.17. The van der Waals surface area contributed by atoms with Crippen molar-refractivity contribution in [2.24, 2.45) is 4.99 Å². The molecule has 1 aliphatic heterocycles. The number of nitrogens with zero attached hydrogens (tertiary/aromatic N) is 2. The lowest BCUT2D eigenvalue weighted by Gasteiger charge is -2.28. The lowest BCUT2D eigenvalue weighted by atomic mass is 10.1. The zero-order valence-corrected chi connectivity index (χ0v) is 18.0. The third kappa shape index (κ3) is 4.98. The van der Waals surface area contributed by atoms with Gasteiger partial charge in [0.2, 0.25) is 0 Å². The summed E-state index contributed by atoms with van der Waals surface area (Å²) in [6, 6.07) is 14.2. The number of anilines is 1. The maximum Gasteiger partial charge on any atom is 0.182 e. The summed E-state index contributed by atoms with van der Waals surface area (Å²) in [5, 5.41) is 0.959. The van der Waals surface area contributed by atoms with E-state index in [2.05, 4.69) is 36.9 Å². The number of hydrogen-bond acceptors (Lipinski definition) is 4. The van der Waals surface area contributed by atoms with Crippen LogP contribution >= 0.6 is 28.7 Å². The Balaban J connectivity index is 0.00000243. The molecule has 3 rings (SSSR count). The van der Waals surface area contributed by atoms with Crippen LogP contribution in [0.15, 0.2) is 47.5 Å². The van der Waals surface area contributed by atoms with Gasteiger partial charge in [-0.2, -0.15) is 0 Å². The van der Waals surface area contributed by atoms with Gasteiger partial charge in [0.15, 0.2) is 11.0 Å². The Bertz CT molecular complexity index is 802. The Kier molecular flexibility index (Phi) is 7.47. The standard InChI is InChI=1S/C21H24N2OS.BrH/c1-15-6-9-18(10-7-15)20(24)14-23(21-22-11-4-12-25-21)19-13-16(2)5-8-17(19)3;/h5-10,13H,4,11-12,14H2,1-3H3;1H. The van der Waals surface area contributed by atoms with Gasteiger partial charge in [0.05, 0.1) is 6.54 Å². The Hall–Kier alpha value is -1.59. The van der Waals surface area contributed by atoms with Crippen molar-refractivity contribution < 1.29 is 4.79 Å². The predicted molar refractivity (Wildman–Crippen MR) is 118 cm³/mol. The average Bonchev–Trinajstić information content (AvgIpc) is 2.63.